The van der Waals surface area contributed by atoms with Crippen molar-refractivity contribution in [2.45, 2.75) is 38.0 Å². The molecule has 0 aliphatic heterocycles. The van der Waals surface area contributed by atoms with Crippen molar-refractivity contribution in [3.63, 3.8) is 0 Å². The zero-order valence-corrected chi connectivity index (χ0v) is 12.2. The normalized spacial score (nSPS) is 15.7. The van der Waals surface area contributed by atoms with Crippen LogP contribution in [0.3, 0.4) is 0 Å². The molecule has 2 aromatic carbocycles. The summed E-state index contributed by atoms with van der Waals surface area (Å²) in [6.45, 7) is 4.38. The molecule has 0 spiro atoms. The Morgan fingerprint density at radius 2 is 1.79 bits per heavy atom. The Balaban J connectivity index is 1.98. The topological polar surface area (TPSA) is 0 Å². The molecule has 19 heavy (non-hydrogen) atoms. The van der Waals surface area contributed by atoms with Crippen LogP contribution in [0.15, 0.2) is 42.5 Å². The standard InChI is InChI=1S/C18H19Cl/c1-3-18(19)12(2)13-8-9-17-15(10-13)11-14-6-4-5-7-16(14)17/h4-10,12,18H,3,11H2,1-2H3. The molecular weight excluding hydrogens is 252 g/mol. The molecule has 0 saturated heterocycles. The SMILES string of the molecule is CCC(Cl)C(C)c1ccc2c(c1)Cc1ccccc1-2. The molecule has 1 heteroatoms. The van der Waals surface area contributed by atoms with Gasteiger partial charge in [-0.2, -0.15) is 0 Å². The van der Waals surface area contributed by atoms with Crippen LogP contribution in [0.25, 0.3) is 11.1 Å². The second kappa shape index (κ2) is 5.02. The molecule has 0 nitrogen and oxygen atoms in total. The van der Waals surface area contributed by atoms with E-state index in [9.17, 15) is 0 Å². The summed E-state index contributed by atoms with van der Waals surface area (Å²) in [4.78, 5) is 0. The summed E-state index contributed by atoms with van der Waals surface area (Å²) in [5, 5.41) is 0.224. The molecule has 0 saturated carbocycles. The summed E-state index contributed by atoms with van der Waals surface area (Å²) in [5.74, 6) is 0.417. The highest BCUT2D eigenvalue weighted by Crippen LogP contribution is 2.38. The van der Waals surface area contributed by atoms with Crippen molar-refractivity contribution in [3.8, 4) is 11.1 Å². The van der Waals surface area contributed by atoms with Crippen molar-refractivity contribution in [2.24, 2.45) is 0 Å². The quantitative estimate of drug-likeness (QED) is 0.561. The summed E-state index contributed by atoms with van der Waals surface area (Å²) >= 11 is 6.39. The molecule has 0 N–H and O–H groups in total. The first-order valence-corrected chi connectivity index (χ1v) is 7.49. The van der Waals surface area contributed by atoms with Crippen molar-refractivity contribution in [1.29, 1.82) is 0 Å². The van der Waals surface area contributed by atoms with Gasteiger partial charge in [0.2, 0.25) is 0 Å². The largest absolute Gasteiger partial charge is 0.122 e. The van der Waals surface area contributed by atoms with Gasteiger partial charge in [0.1, 0.15) is 0 Å². The highest BCUT2D eigenvalue weighted by atomic mass is 35.5. The van der Waals surface area contributed by atoms with Gasteiger partial charge in [-0.05, 0) is 46.6 Å². The summed E-state index contributed by atoms with van der Waals surface area (Å²) in [7, 11) is 0. The van der Waals surface area contributed by atoms with Gasteiger partial charge in [0.15, 0.2) is 0 Å². The molecule has 98 valence electrons. The van der Waals surface area contributed by atoms with Crippen LogP contribution in [-0.4, -0.2) is 5.38 Å². The van der Waals surface area contributed by atoms with Crippen molar-refractivity contribution in [2.75, 3.05) is 0 Å². The molecule has 0 aromatic heterocycles. The fourth-order valence-electron chi connectivity index (χ4n) is 3.01. The Kier molecular flexibility index (Phi) is 3.36. The number of benzene rings is 2. The van der Waals surface area contributed by atoms with Crippen LogP contribution in [-0.2, 0) is 6.42 Å². The van der Waals surface area contributed by atoms with E-state index in [4.69, 9.17) is 11.6 Å². The fraction of sp³-hybridized carbons (Fsp3) is 0.333. The lowest BCUT2D eigenvalue weighted by atomic mass is 9.93. The third-order valence-corrected chi connectivity index (χ3v) is 4.96. The van der Waals surface area contributed by atoms with E-state index in [2.05, 4.69) is 56.3 Å². The van der Waals surface area contributed by atoms with Crippen molar-refractivity contribution in [3.05, 3.63) is 59.2 Å². The predicted molar refractivity (Wildman–Crippen MR) is 83.0 cm³/mol. The Morgan fingerprint density at radius 3 is 2.58 bits per heavy atom. The second-order valence-corrected chi connectivity index (χ2v) is 6.02. The number of alkyl halides is 1. The van der Waals surface area contributed by atoms with Gasteiger partial charge in [-0.1, -0.05) is 56.3 Å². The summed E-state index contributed by atoms with van der Waals surface area (Å²) < 4.78 is 0. The first-order chi connectivity index (χ1) is 9.20. The molecule has 0 amide bonds. The van der Waals surface area contributed by atoms with Gasteiger partial charge in [-0.25, -0.2) is 0 Å². The van der Waals surface area contributed by atoms with Gasteiger partial charge in [-0.3, -0.25) is 0 Å². The van der Waals surface area contributed by atoms with E-state index in [-0.39, 0.29) is 5.38 Å². The highest BCUT2D eigenvalue weighted by molar-refractivity contribution is 6.21. The fourth-order valence-corrected chi connectivity index (χ4v) is 3.16. The molecule has 0 heterocycles. The first-order valence-electron chi connectivity index (χ1n) is 7.06. The molecule has 0 radical (unpaired) electrons. The molecule has 2 aromatic rings. The average molecular weight is 271 g/mol. The molecule has 0 fully saturated rings. The Bertz CT molecular complexity index is 600. The van der Waals surface area contributed by atoms with Gasteiger partial charge < -0.3 is 0 Å². The maximum absolute atomic E-state index is 6.39. The Morgan fingerprint density at radius 1 is 1.05 bits per heavy atom. The Hall–Kier alpha value is -1.27. The van der Waals surface area contributed by atoms with E-state index >= 15 is 0 Å². The minimum Gasteiger partial charge on any atom is -0.122 e. The van der Waals surface area contributed by atoms with Crippen LogP contribution in [0.1, 0.15) is 42.9 Å². The highest BCUT2D eigenvalue weighted by Gasteiger charge is 2.20. The molecule has 0 bridgehead atoms. The minimum atomic E-state index is 0.224. The van der Waals surface area contributed by atoms with Gasteiger partial charge in [0, 0.05) is 5.38 Å². The van der Waals surface area contributed by atoms with Gasteiger partial charge >= 0.3 is 0 Å². The number of fused-ring (bicyclic) bond motifs is 3. The molecule has 1 aliphatic rings. The molecule has 1 aliphatic carbocycles. The zero-order valence-electron chi connectivity index (χ0n) is 11.5. The number of halogens is 1. The zero-order chi connectivity index (χ0) is 13.4. The van der Waals surface area contributed by atoms with Crippen LogP contribution >= 0.6 is 11.6 Å². The lowest BCUT2D eigenvalue weighted by molar-refractivity contribution is 0.674. The van der Waals surface area contributed by atoms with Crippen molar-refractivity contribution < 1.29 is 0 Å². The summed E-state index contributed by atoms with van der Waals surface area (Å²) in [6.07, 6.45) is 2.07. The maximum atomic E-state index is 6.39. The third kappa shape index (κ3) is 2.19. The van der Waals surface area contributed by atoms with Gasteiger partial charge in [-0.15, -0.1) is 11.6 Å². The monoisotopic (exact) mass is 270 g/mol. The Labute approximate surface area is 120 Å². The lowest BCUT2D eigenvalue weighted by Crippen LogP contribution is -2.08. The first kappa shape index (κ1) is 12.7. The van der Waals surface area contributed by atoms with Crippen LogP contribution in [0, 0.1) is 0 Å². The van der Waals surface area contributed by atoms with Crippen molar-refractivity contribution in [1.82, 2.24) is 0 Å². The van der Waals surface area contributed by atoms with Gasteiger partial charge in [0.25, 0.3) is 0 Å². The van der Waals surface area contributed by atoms with E-state index < -0.39 is 0 Å². The van der Waals surface area contributed by atoms with E-state index in [1.54, 1.807) is 0 Å². The summed E-state index contributed by atoms with van der Waals surface area (Å²) in [5.41, 5.74) is 7.06. The number of rotatable bonds is 3. The smallest absolute Gasteiger partial charge is 0.0399 e. The second-order valence-electron chi connectivity index (χ2n) is 5.46. The average Bonchev–Trinajstić information content (AvgIpc) is 2.83. The maximum Gasteiger partial charge on any atom is 0.0399 e. The van der Waals surface area contributed by atoms with E-state index in [0.717, 1.165) is 12.8 Å². The molecular formula is C18H19Cl. The van der Waals surface area contributed by atoms with Gasteiger partial charge in [0.05, 0.1) is 0 Å². The number of hydrogen-bond acceptors (Lipinski definition) is 0. The van der Waals surface area contributed by atoms with E-state index in [1.165, 1.54) is 27.8 Å². The van der Waals surface area contributed by atoms with Crippen LogP contribution < -0.4 is 0 Å². The van der Waals surface area contributed by atoms with E-state index in [0.29, 0.717) is 5.92 Å². The lowest BCUT2D eigenvalue weighted by Gasteiger charge is -2.17. The van der Waals surface area contributed by atoms with Crippen molar-refractivity contribution >= 4 is 11.6 Å². The van der Waals surface area contributed by atoms with Crippen LogP contribution in [0.2, 0.25) is 0 Å². The van der Waals surface area contributed by atoms with E-state index in [1.807, 2.05) is 0 Å². The minimum absolute atomic E-state index is 0.224. The third-order valence-electron chi connectivity index (χ3n) is 4.28. The summed E-state index contributed by atoms with van der Waals surface area (Å²) in [6, 6.07) is 15.6. The van der Waals surface area contributed by atoms with Crippen LogP contribution in [0.5, 0.6) is 0 Å². The molecule has 2 unspecified atom stereocenters. The van der Waals surface area contributed by atoms with Crippen LogP contribution in [0.4, 0.5) is 0 Å². The number of hydrogen-bond donors (Lipinski definition) is 0. The molecule has 2 atom stereocenters. The predicted octanol–water partition coefficient (Wildman–Crippen LogP) is 5.38. The molecule has 3 rings (SSSR count).